The minimum Gasteiger partial charge on any atom is -0.481 e. The Morgan fingerprint density at radius 3 is 2.29 bits per heavy atom. The summed E-state index contributed by atoms with van der Waals surface area (Å²) >= 11 is 0. The number of benzene rings is 3. The highest BCUT2D eigenvalue weighted by Gasteiger charge is 2.17. The van der Waals surface area contributed by atoms with E-state index in [1.54, 1.807) is 37.3 Å². The number of carbonyl (C=O) groups is 3. The molecule has 0 saturated heterocycles. The molecule has 0 aliphatic rings. The molecule has 0 radical (unpaired) electrons. The molecule has 3 rings (SSSR count). The van der Waals surface area contributed by atoms with Crippen molar-refractivity contribution in [3.8, 4) is 11.5 Å². The van der Waals surface area contributed by atoms with Gasteiger partial charge >= 0.3 is 5.97 Å². The average Bonchev–Trinajstić information content (AvgIpc) is 2.83. The molecule has 0 heterocycles. The van der Waals surface area contributed by atoms with Crippen LogP contribution in [-0.2, 0) is 16.1 Å². The first-order valence-electron chi connectivity index (χ1n) is 11.4. The van der Waals surface area contributed by atoms with Crippen molar-refractivity contribution < 1.29 is 23.9 Å². The summed E-state index contributed by atoms with van der Waals surface area (Å²) in [7, 11) is 0. The lowest BCUT2D eigenvalue weighted by atomic mass is 10.0. The summed E-state index contributed by atoms with van der Waals surface area (Å²) in [5, 5.41) is 5.69. The van der Waals surface area contributed by atoms with E-state index >= 15 is 0 Å². The Hall–Kier alpha value is -4.13. The quantitative estimate of drug-likeness (QED) is 0.334. The van der Waals surface area contributed by atoms with E-state index in [0.717, 1.165) is 11.1 Å². The third-order valence-electron chi connectivity index (χ3n) is 5.25. The van der Waals surface area contributed by atoms with E-state index in [9.17, 15) is 14.4 Å². The second-order valence-corrected chi connectivity index (χ2v) is 8.44. The Morgan fingerprint density at radius 2 is 1.60 bits per heavy atom. The SMILES string of the molecule is CC(=O)Oc1cccc(C(=O)NCc2ccc(NC(=O)C(C)Oc3ccccc3C(C)C)cc2)c1. The molecule has 7 nitrogen and oxygen atoms in total. The summed E-state index contributed by atoms with van der Waals surface area (Å²) in [6, 6.07) is 21.3. The maximum Gasteiger partial charge on any atom is 0.308 e. The van der Waals surface area contributed by atoms with Gasteiger partial charge in [-0.3, -0.25) is 14.4 Å². The lowest BCUT2D eigenvalue weighted by Gasteiger charge is -2.18. The average molecular weight is 475 g/mol. The zero-order valence-electron chi connectivity index (χ0n) is 20.3. The molecule has 0 saturated carbocycles. The molecular formula is C28H30N2O5. The van der Waals surface area contributed by atoms with Crippen LogP contribution in [0.3, 0.4) is 0 Å². The smallest absolute Gasteiger partial charge is 0.308 e. The van der Waals surface area contributed by atoms with Gasteiger partial charge in [0.25, 0.3) is 11.8 Å². The second kappa shape index (κ2) is 11.8. The number of rotatable bonds is 9. The standard InChI is InChI=1S/C28H30N2O5/c1-18(2)25-10-5-6-11-26(25)34-19(3)27(32)30-23-14-12-21(13-15-23)17-29-28(33)22-8-7-9-24(16-22)35-20(4)31/h5-16,18-19H,17H2,1-4H3,(H,29,33)(H,30,32). The van der Waals surface area contributed by atoms with Crippen LogP contribution in [0.5, 0.6) is 11.5 Å². The molecule has 0 fully saturated rings. The van der Waals surface area contributed by atoms with E-state index in [-0.39, 0.29) is 17.7 Å². The van der Waals surface area contributed by atoms with E-state index < -0.39 is 12.1 Å². The van der Waals surface area contributed by atoms with Gasteiger partial charge < -0.3 is 20.1 Å². The molecule has 3 aromatic carbocycles. The molecule has 3 aromatic rings. The van der Waals surface area contributed by atoms with E-state index in [2.05, 4.69) is 24.5 Å². The molecule has 2 N–H and O–H groups in total. The highest BCUT2D eigenvalue weighted by Crippen LogP contribution is 2.27. The van der Waals surface area contributed by atoms with Crippen molar-refractivity contribution in [2.75, 3.05) is 5.32 Å². The summed E-state index contributed by atoms with van der Waals surface area (Å²) in [6.07, 6.45) is -0.670. The summed E-state index contributed by atoms with van der Waals surface area (Å²) in [5.74, 6) is 0.315. The zero-order valence-corrected chi connectivity index (χ0v) is 20.3. The minimum atomic E-state index is -0.670. The fourth-order valence-electron chi connectivity index (χ4n) is 3.41. The van der Waals surface area contributed by atoms with E-state index in [0.29, 0.717) is 29.3 Å². The summed E-state index contributed by atoms with van der Waals surface area (Å²) < 4.78 is 10.9. The summed E-state index contributed by atoms with van der Waals surface area (Å²) in [6.45, 7) is 7.48. The van der Waals surface area contributed by atoms with Crippen LogP contribution in [0.25, 0.3) is 0 Å². The number of esters is 1. The van der Waals surface area contributed by atoms with Crippen molar-refractivity contribution in [2.45, 2.75) is 46.3 Å². The van der Waals surface area contributed by atoms with E-state index in [1.807, 2.05) is 36.4 Å². The van der Waals surface area contributed by atoms with Crippen LogP contribution in [0.15, 0.2) is 72.8 Å². The number of hydrogen-bond donors (Lipinski definition) is 2. The molecule has 2 amide bonds. The van der Waals surface area contributed by atoms with Crippen LogP contribution < -0.4 is 20.1 Å². The maximum absolute atomic E-state index is 12.6. The number of ether oxygens (including phenoxy) is 2. The Morgan fingerprint density at radius 1 is 0.886 bits per heavy atom. The fourth-order valence-corrected chi connectivity index (χ4v) is 3.41. The Bertz CT molecular complexity index is 1190. The molecule has 0 bridgehead atoms. The predicted octanol–water partition coefficient (Wildman–Crippen LogP) is 5.07. The van der Waals surface area contributed by atoms with Crippen LogP contribution >= 0.6 is 0 Å². The molecule has 35 heavy (non-hydrogen) atoms. The molecule has 0 aromatic heterocycles. The first-order chi connectivity index (χ1) is 16.7. The van der Waals surface area contributed by atoms with Crippen molar-refractivity contribution in [2.24, 2.45) is 0 Å². The number of hydrogen-bond acceptors (Lipinski definition) is 5. The molecule has 7 heteroatoms. The van der Waals surface area contributed by atoms with Gasteiger partial charge in [0, 0.05) is 24.7 Å². The molecule has 0 aliphatic carbocycles. The predicted molar refractivity (Wildman–Crippen MR) is 135 cm³/mol. The van der Waals surface area contributed by atoms with E-state index in [1.165, 1.54) is 13.0 Å². The lowest BCUT2D eigenvalue weighted by molar-refractivity contribution is -0.131. The molecular weight excluding hydrogens is 444 g/mol. The van der Waals surface area contributed by atoms with Crippen LogP contribution in [0.4, 0.5) is 5.69 Å². The summed E-state index contributed by atoms with van der Waals surface area (Å²) in [5.41, 5.74) is 2.94. The Labute approximate surface area is 205 Å². The topological polar surface area (TPSA) is 93.7 Å². The minimum absolute atomic E-state index is 0.253. The van der Waals surface area contributed by atoms with Gasteiger partial charge in [-0.2, -0.15) is 0 Å². The Kier molecular flexibility index (Phi) is 8.62. The highest BCUT2D eigenvalue weighted by atomic mass is 16.5. The lowest BCUT2D eigenvalue weighted by Crippen LogP contribution is -2.30. The van der Waals surface area contributed by atoms with Crippen molar-refractivity contribution in [1.82, 2.24) is 5.32 Å². The number of carbonyl (C=O) groups excluding carboxylic acids is 3. The molecule has 1 atom stereocenters. The van der Waals surface area contributed by atoms with Crippen LogP contribution in [-0.4, -0.2) is 23.9 Å². The van der Waals surface area contributed by atoms with Gasteiger partial charge in [0.05, 0.1) is 0 Å². The fraction of sp³-hybridized carbons (Fsp3) is 0.250. The van der Waals surface area contributed by atoms with Gasteiger partial charge in [-0.1, -0.05) is 50.2 Å². The zero-order chi connectivity index (χ0) is 25.4. The number of amides is 2. The van der Waals surface area contributed by atoms with Crippen molar-refractivity contribution in [3.63, 3.8) is 0 Å². The monoisotopic (exact) mass is 474 g/mol. The van der Waals surface area contributed by atoms with Gasteiger partial charge in [-0.15, -0.1) is 0 Å². The van der Waals surface area contributed by atoms with Crippen molar-refractivity contribution in [1.29, 1.82) is 0 Å². The van der Waals surface area contributed by atoms with Gasteiger partial charge in [-0.25, -0.2) is 0 Å². The number of nitrogens with one attached hydrogen (secondary N) is 2. The van der Waals surface area contributed by atoms with Gasteiger partial charge in [0.1, 0.15) is 11.5 Å². The second-order valence-electron chi connectivity index (χ2n) is 8.44. The largest absolute Gasteiger partial charge is 0.481 e. The van der Waals surface area contributed by atoms with Crippen LogP contribution in [0, 0.1) is 0 Å². The maximum atomic E-state index is 12.6. The first kappa shape index (κ1) is 25.5. The third-order valence-corrected chi connectivity index (χ3v) is 5.25. The number of anilines is 1. The highest BCUT2D eigenvalue weighted by molar-refractivity contribution is 5.95. The van der Waals surface area contributed by atoms with Crippen molar-refractivity contribution in [3.05, 3.63) is 89.5 Å². The molecule has 1 unspecified atom stereocenters. The van der Waals surface area contributed by atoms with Crippen LogP contribution in [0.2, 0.25) is 0 Å². The van der Waals surface area contributed by atoms with Crippen LogP contribution in [0.1, 0.15) is 55.1 Å². The molecule has 0 aliphatic heterocycles. The van der Waals surface area contributed by atoms with Gasteiger partial charge in [0.2, 0.25) is 0 Å². The van der Waals surface area contributed by atoms with Gasteiger partial charge in [-0.05, 0) is 60.4 Å². The summed E-state index contributed by atoms with van der Waals surface area (Å²) in [4.78, 5) is 36.2. The normalized spacial score (nSPS) is 11.5. The first-order valence-corrected chi connectivity index (χ1v) is 11.4. The molecule has 0 spiro atoms. The number of para-hydroxylation sites is 1. The Balaban J connectivity index is 1.53. The van der Waals surface area contributed by atoms with E-state index in [4.69, 9.17) is 9.47 Å². The van der Waals surface area contributed by atoms with Gasteiger partial charge in [0.15, 0.2) is 6.10 Å². The third kappa shape index (κ3) is 7.43. The molecule has 182 valence electrons. The van der Waals surface area contributed by atoms with Crippen molar-refractivity contribution >= 4 is 23.5 Å².